The molecule has 0 bridgehead atoms. The molecule has 2 amide bonds. The van der Waals surface area contributed by atoms with Crippen LogP contribution in [0.15, 0.2) is 48.3 Å². The lowest BCUT2D eigenvalue weighted by Gasteiger charge is -2.38. The van der Waals surface area contributed by atoms with E-state index in [0.717, 1.165) is 32.5 Å². The van der Waals surface area contributed by atoms with Crippen LogP contribution in [0.5, 0.6) is 0 Å². The molecule has 2 atom stereocenters. The van der Waals surface area contributed by atoms with Crippen LogP contribution < -0.4 is 5.32 Å². The van der Waals surface area contributed by atoms with Crippen LogP contribution >= 0.6 is 0 Å². The number of nitrogens with one attached hydrogen (secondary N) is 1. The van der Waals surface area contributed by atoms with E-state index in [9.17, 15) is 9.59 Å². The Morgan fingerprint density at radius 1 is 1.21 bits per heavy atom. The second-order valence-corrected chi connectivity index (χ2v) is 8.47. The molecule has 4 rings (SSSR count). The third-order valence-corrected chi connectivity index (χ3v) is 6.44. The van der Waals surface area contributed by atoms with Crippen LogP contribution in [0.2, 0.25) is 0 Å². The predicted octanol–water partition coefficient (Wildman–Crippen LogP) is 1.88. The Bertz CT molecular complexity index is 837. The summed E-state index contributed by atoms with van der Waals surface area (Å²) in [4.78, 5) is 31.4. The lowest BCUT2D eigenvalue weighted by molar-refractivity contribution is -0.133. The Morgan fingerprint density at radius 2 is 1.90 bits per heavy atom. The van der Waals surface area contributed by atoms with Crippen LogP contribution in [0.3, 0.4) is 0 Å². The second kappa shape index (κ2) is 8.03. The summed E-state index contributed by atoms with van der Waals surface area (Å²) >= 11 is 0. The maximum Gasteiger partial charge on any atom is 0.251 e. The van der Waals surface area contributed by atoms with Crippen molar-refractivity contribution >= 4 is 11.8 Å². The third kappa shape index (κ3) is 3.94. The fraction of sp³-hybridized carbons (Fsp3) is 0.478. The summed E-state index contributed by atoms with van der Waals surface area (Å²) in [5.41, 5.74) is 3.32. The van der Waals surface area contributed by atoms with E-state index in [1.54, 1.807) is 19.4 Å². The van der Waals surface area contributed by atoms with Gasteiger partial charge in [-0.3, -0.25) is 14.5 Å². The van der Waals surface area contributed by atoms with E-state index in [0.29, 0.717) is 5.57 Å². The van der Waals surface area contributed by atoms with E-state index in [4.69, 9.17) is 0 Å². The topological polar surface area (TPSA) is 55.9 Å². The van der Waals surface area contributed by atoms with Crippen molar-refractivity contribution < 1.29 is 9.59 Å². The number of hydrogen-bond acceptors (Lipinski definition) is 4. The number of nitrogens with zero attached hydrogens (tertiary/aromatic N) is 3. The van der Waals surface area contributed by atoms with Crippen LogP contribution in [-0.4, -0.2) is 65.8 Å². The van der Waals surface area contributed by atoms with E-state index in [2.05, 4.69) is 41.4 Å². The Hall–Kier alpha value is -2.60. The molecule has 3 aliphatic heterocycles. The quantitative estimate of drug-likeness (QED) is 0.847. The van der Waals surface area contributed by atoms with Crippen LogP contribution in [0, 0.1) is 12.8 Å². The van der Waals surface area contributed by atoms with Gasteiger partial charge in [0.15, 0.2) is 0 Å². The van der Waals surface area contributed by atoms with Gasteiger partial charge in [0.1, 0.15) is 6.04 Å². The molecule has 2 unspecified atom stereocenters. The molecule has 0 aliphatic carbocycles. The molecule has 154 valence electrons. The molecule has 29 heavy (non-hydrogen) atoms. The van der Waals surface area contributed by atoms with Crippen LogP contribution in [-0.2, 0) is 16.1 Å². The van der Waals surface area contributed by atoms with Crippen molar-refractivity contribution in [3.63, 3.8) is 0 Å². The lowest BCUT2D eigenvalue weighted by Crippen LogP contribution is -2.51. The van der Waals surface area contributed by atoms with Gasteiger partial charge < -0.3 is 15.1 Å². The highest BCUT2D eigenvalue weighted by Crippen LogP contribution is 2.30. The van der Waals surface area contributed by atoms with E-state index in [1.165, 1.54) is 16.0 Å². The highest BCUT2D eigenvalue weighted by Gasteiger charge is 2.41. The summed E-state index contributed by atoms with van der Waals surface area (Å²) < 4.78 is 0. The molecule has 0 aromatic heterocycles. The van der Waals surface area contributed by atoms with Crippen LogP contribution in [0.4, 0.5) is 0 Å². The number of aryl methyl sites for hydroxylation is 1. The van der Waals surface area contributed by atoms with E-state index >= 15 is 0 Å². The average molecular weight is 395 g/mol. The Kier molecular flexibility index (Phi) is 5.46. The number of likely N-dealkylation sites (N-methyl/N-ethyl adjacent to an activating group) is 2. The molecule has 3 heterocycles. The first-order chi connectivity index (χ1) is 13.9. The van der Waals surface area contributed by atoms with Crippen molar-refractivity contribution in [2.24, 2.45) is 5.92 Å². The zero-order valence-electron chi connectivity index (χ0n) is 17.5. The predicted molar refractivity (Wildman–Crippen MR) is 113 cm³/mol. The van der Waals surface area contributed by atoms with Crippen molar-refractivity contribution in [2.75, 3.05) is 27.2 Å². The minimum atomic E-state index is -0.353. The number of rotatable bonds is 4. The van der Waals surface area contributed by atoms with Crippen molar-refractivity contribution in [1.82, 2.24) is 20.0 Å². The van der Waals surface area contributed by atoms with Gasteiger partial charge in [0.25, 0.3) is 5.91 Å². The molecule has 1 aromatic rings. The van der Waals surface area contributed by atoms with E-state index in [1.807, 2.05) is 18.0 Å². The van der Waals surface area contributed by atoms with Crippen molar-refractivity contribution in [3.05, 3.63) is 59.4 Å². The number of benzene rings is 1. The number of hydrogen-bond donors (Lipinski definition) is 1. The third-order valence-electron chi connectivity index (χ3n) is 6.44. The smallest absolute Gasteiger partial charge is 0.251 e. The molecular formula is C23H30N4O2. The molecule has 1 N–H and O–H groups in total. The SMILES string of the molecule is Cc1ccc(CN2CCC(N(C)C(=O)C3=CN(C)C(=O)C4NC=CC34)CC2)cc1. The van der Waals surface area contributed by atoms with Crippen LogP contribution in [0.25, 0.3) is 0 Å². The number of likely N-dealkylation sites (tertiary alicyclic amines) is 1. The number of piperidine rings is 1. The minimum absolute atomic E-state index is 0.00335. The molecular weight excluding hydrogens is 364 g/mol. The monoisotopic (exact) mass is 394 g/mol. The number of carbonyl (C=O) groups excluding carboxylic acids is 2. The number of amides is 2. The van der Waals surface area contributed by atoms with E-state index < -0.39 is 0 Å². The summed E-state index contributed by atoms with van der Waals surface area (Å²) in [6, 6.07) is 8.60. The lowest BCUT2D eigenvalue weighted by atomic mass is 9.88. The highest BCUT2D eigenvalue weighted by molar-refractivity contribution is 5.99. The molecule has 6 nitrogen and oxygen atoms in total. The van der Waals surface area contributed by atoms with Gasteiger partial charge >= 0.3 is 0 Å². The molecule has 1 fully saturated rings. The van der Waals surface area contributed by atoms with E-state index in [-0.39, 0.29) is 29.8 Å². The van der Waals surface area contributed by atoms with Crippen molar-refractivity contribution in [3.8, 4) is 0 Å². The Labute approximate surface area is 172 Å². The van der Waals surface area contributed by atoms with Crippen molar-refractivity contribution in [2.45, 2.75) is 38.4 Å². The van der Waals surface area contributed by atoms with Gasteiger partial charge in [-0.25, -0.2) is 0 Å². The van der Waals surface area contributed by atoms with Gasteiger partial charge in [-0.1, -0.05) is 35.9 Å². The van der Waals surface area contributed by atoms with Gasteiger partial charge in [-0.2, -0.15) is 0 Å². The Balaban J connectivity index is 1.36. The zero-order valence-corrected chi connectivity index (χ0v) is 17.5. The van der Waals surface area contributed by atoms with Gasteiger partial charge in [-0.15, -0.1) is 0 Å². The highest BCUT2D eigenvalue weighted by atomic mass is 16.2. The molecule has 1 aromatic carbocycles. The summed E-state index contributed by atoms with van der Waals surface area (Å²) in [6.45, 7) is 5.04. The standard InChI is InChI=1S/C23H30N4O2/c1-16-4-6-17(7-5-16)14-27-12-9-18(10-13-27)26(3)22(28)20-15-25(2)23(29)21-19(20)8-11-24-21/h4-8,11,15,18-19,21,24H,9-10,12-14H2,1-3H3. The molecule has 1 saturated heterocycles. The maximum atomic E-state index is 13.2. The summed E-state index contributed by atoms with van der Waals surface area (Å²) in [6.07, 6.45) is 7.37. The first-order valence-corrected chi connectivity index (χ1v) is 10.4. The molecule has 0 spiro atoms. The number of carbonyl (C=O) groups is 2. The fourth-order valence-corrected chi connectivity index (χ4v) is 4.55. The second-order valence-electron chi connectivity index (χ2n) is 8.47. The van der Waals surface area contributed by atoms with Crippen LogP contribution in [0.1, 0.15) is 24.0 Å². The Morgan fingerprint density at radius 3 is 2.59 bits per heavy atom. The zero-order chi connectivity index (χ0) is 20.5. The number of fused-ring (bicyclic) bond motifs is 1. The normalized spacial score (nSPS) is 24.9. The summed E-state index contributed by atoms with van der Waals surface area (Å²) in [7, 11) is 3.62. The van der Waals surface area contributed by atoms with Gasteiger partial charge in [0.2, 0.25) is 5.91 Å². The molecule has 0 radical (unpaired) electrons. The largest absolute Gasteiger partial charge is 0.379 e. The minimum Gasteiger partial charge on any atom is -0.379 e. The van der Waals surface area contributed by atoms with Gasteiger partial charge in [0.05, 0.1) is 0 Å². The summed E-state index contributed by atoms with van der Waals surface area (Å²) in [5.74, 6) is -0.136. The van der Waals surface area contributed by atoms with Gasteiger partial charge in [-0.05, 0) is 31.5 Å². The molecule has 3 aliphatic rings. The molecule has 0 saturated carbocycles. The van der Waals surface area contributed by atoms with Gasteiger partial charge in [0, 0.05) is 57.5 Å². The van der Waals surface area contributed by atoms with Crippen molar-refractivity contribution in [1.29, 1.82) is 0 Å². The summed E-state index contributed by atoms with van der Waals surface area (Å²) in [5, 5.41) is 3.08. The first-order valence-electron chi connectivity index (χ1n) is 10.4. The maximum absolute atomic E-state index is 13.2. The molecule has 6 heteroatoms. The first kappa shape index (κ1) is 19.7. The average Bonchev–Trinajstić information content (AvgIpc) is 3.22. The fourth-order valence-electron chi connectivity index (χ4n) is 4.55.